The number of ether oxygens (including phenoxy) is 1. The summed E-state index contributed by atoms with van der Waals surface area (Å²) < 4.78 is 5.97. The van der Waals surface area contributed by atoms with Gasteiger partial charge in [0.25, 0.3) is 0 Å². The Hall–Kier alpha value is -1.06. The van der Waals surface area contributed by atoms with Gasteiger partial charge < -0.3 is 25.2 Å². The van der Waals surface area contributed by atoms with E-state index in [-0.39, 0.29) is 30.1 Å². The van der Waals surface area contributed by atoms with Crippen molar-refractivity contribution >= 4 is 29.9 Å². The number of aryl methyl sites for hydroxylation is 1. The van der Waals surface area contributed by atoms with Crippen molar-refractivity contribution in [2.45, 2.75) is 39.7 Å². The molecule has 1 atom stereocenters. The van der Waals surface area contributed by atoms with Gasteiger partial charge in [-0.2, -0.15) is 0 Å². The Morgan fingerprint density at radius 3 is 2.62 bits per heavy atom. The van der Waals surface area contributed by atoms with Crippen LogP contribution in [0.4, 0.5) is 0 Å². The molecule has 29 heavy (non-hydrogen) atoms. The highest BCUT2D eigenvalue weighted by atomic mass is 127. The Morgan fingerprint density at radius 1 is 1.17 bits per heavy atom. The fourth-order valence-corrected chi connectivity index (χ4v) is 3.26. The minimum absolute atomic E-state index is 0. The maximum absolute atomic E-state index is 5.97. The fourth-order valence-electron chi connectivity index (χ4n) is 3.26. The van der Waals surface area contributed by atoms with Crippen molar-refractivity contribution in [1.29, 1.82) is 0 Å². The number of guanidine groups is 1. The summed E-state index contributed by atoms with van der Waals surface area (Å²) in [5.41, 5.74) is 1.21. The van der Waals surface area contributed by atoms with Crippen molar-refractivity contribution in [3.05, 3.63) is 29.8 Å². The van der Waals surface area contributed by atoms with Crippen LogP contribution in [0.2, 0.25) is 0 Å². The number of rotatable bonds is 10. The van der Waals surface area contributed by atoms with E-state index in [9.17, 15) is 0 Å². The van der Waals surface area contributed by atoms with Crippen LogP contribution in [0.5, 0.6) is 5.75 Å². The van der Waals surface area contributed by atoms with Gasteiger partial charge in [0, 0.05) is 39.3 Å². The van der Waals surface area contributed by atoms with E-state index in [0.29, 0.717) is 6.54 Å². The largest absolute Gasteiger partial charge is 0.489 e. The summed E-state index contributed by atoms with van der Waals surface area (Å²) in [7, 11) is 2.20. The van der Waals surface area contributed by atoms with Gasteiger partial charge in [-0.1, -0.05) is 12.1 Å². The maximum atomic E-state index is 5.97. The van der Waals surface area contributed by atoms with Gasteiger partial charge in [-0.15, -0.1) is 24.0 Å². The van der Waals surface area contributed by atoms with Gasteiger partial charge in [0.15, 0.2) is 5.96 Å². The number of piperazine rings is 1. The molecule has 0 spiro atoms. The lowest BCUT2D eigenvalue weighted by Gasteiger charge is -2.32. The number of unbranched alkanes of at least 4 members (excludes halogenated alkanes) is 1. The van der Waals surface area contributed by atoms with Gasteiger partial charge in [0.2, 0.25) is 0 Å². The van der Waals surface area contributed by atoms with E-state index in [1.165, 1.54) is 44.7 Å². The third-order valence-electron chi connectivity index (χ3n) is 4.97. The molecule has 1 saturated heterocycles. The molecule has 0 saturated carbocycles. The topological polar surface area (TPSA) is 52.1 Å². The van der Waals surface area contributed by atoms with Crippen molar-refractivity contribution < 1.29 is 4.74 Å². The van der Waals surface area contributed by atoms with Crippen LogP contribution in [-0.4, -0.2) is 81.3 Å². The van der Waals surface area contributed by atoms with E-state index in [1.54, 1.807) is 0 Å². The number of likely N-dealkylation sites (N-methyl/N-ethyl adjacent to an activating group) is 1. The quantitative estimate of drug-likeness (QED) is 0.216. The van der Waals surface area contributed by atoms with Crippen LogP contribution >= 0.6 is 24.0 Å². The fraction of sp³-hybridized carbons (Fsp3) is 0.682. The monoisotopic (exact) mass is 517 g/mol. The number of nitrogens with one attached hydrogen (secondary N) is 2. The Morgan fingerprint density at radius 2 is 1.93 bits per heavy atom. The summed E-state index contributed by atoms with van der Waals surface area (Å²) in [6.07, 6.45) is 2.42. The first-order chi connectivity index (χ1) is 13.6. The molecular formula is C22H40IN5O. The predicted molar refractivity (Wildman–Crippen MR) is 134 cm³/mol. The first-order valence-electron chi connectivity index (χ1n) is 10.7. The minimum Gasteiger partial charge on any atom is -0.489 e. The Bertz CT molecular complexity index is 590. The second-order valence-corrected chi connectivity index (χ2v) is 7.74. The lowest BCUT2D eigenvalue weighted by Crippen LogP contribution is -2.44. The molecule has 6 nitrogen and oxygen atoms in total. The van der Waals surface area contributed by atoms with Crippen molar-refractivity contribution in [3.63, 3.8) is 0 Å². The van der Waals surface area contributed by atoms with Crippen LogP contribution in [-0.2, 0) is 0 Å². The lowest BCUT2D eigenvalue weighted by atomic mass is 10.2. The zero-order valence-electron chi connectivity index (χ0n) is 18.6. The molecular weight excluding hydrogens is 477 g/mol. The highest BCUT2D eigenvalue weighted by Gasteiger charge is 2.12. The average Bonchev–Trinajstić information content (AvgIpc) is 2.67. The molecule has 0 radical (unpaired) electrons. The number of hydrogen-bond acceptors (Lipinski definition) is 4. The second-order valence-electron chi connectivity index (χ2n) is 7.74. The van der Waals surface area contributed by atoms with Gasteiger partial charge in [-0.3, -0.25) is 0 Å². The maximum Gasteiger partial charge on any atom is 0.191 e. The molecule has 1 unspecified atom stereocenters. The van der Waals surface area contributed by atoms with Gasteiger partial charge in [0.1, 0.15) is 11.9 Å². The Balaban J connectivity index is 0.00000420. The molecule has 0 bridgehead atoms. The van der Waals surface area contributed by atoms with E-state index < -0.39 is 0 Å². The molecule has 1 fully saturated rings. The Kier molecular flexibility index (Phi) is 13.3. The van der Waals surface area contributed by atoms with E-state index in [0.717, 1.165) is 31.2 Å². The van der Waals surface area contributed by atoms with Crippen LogP contribution in [0.15, 0.2) is 29.3 Å². The minimum atomic E-state index is 0. The highest BCUT2D eigenvalue weighted by Crippen LogP contribution is 2.14. The molecule has 1 aliphatic heterocycles. The molecule has 2 rings (SSSR count). The van der Waals surface area contributed by atoms with E-state index in [1.807, 2.05) is 12.1 Å². The first kappa shape index (κ1) is 26.0. The summed E-state index contributed by atoms with van der Waals surface area (Å²) in [6.45, 7) is 14.7. The van der Waals surface area contributed by atoms with E-state index in [4.69, 9.17) is 4.74 Å². The summed E-state index contributed by atoms with van der Waals surface area (Å²) >= 11 is 0. The van der Waals surface area contributed by atoms with Gasteiger partial charge in [0.05, 0.1) is 6.54 Å². The van der Waals surface area contributed by atoms with Gasteiger partial charge in [-0.05, 0) is 64.9 Å². The lowest BCUT2D eigenvalue weighted by molar-refractivity contribution is 0.152. The number of aliphatic imine (C=N–C) groups is 1. The van der Waals surface area contributed by atoms with E-state index in [2.05, 4.69) is 65.4 Å². The number of nitrogens with zero attached hydrogens (tertiary/aromatic N) is 3. The molecule has 1 aliphatic rings. The summed E-state index contributed by atoms with van der Waals surface area (Å²) in [4.78, 5) is 9.66. The van der Waals surface area contributed by atoms with Crippen LogP contribution in [0.1, 0.15) is 32.3 Å². The van der Waals surface area contributed by atoms with Gasteiger partial charge >= 0.3 is 0 Å². The first-order valence-corrected chi connectivity index (χ1v) is 10.7. The molecule has 166 valence electrons. The summed E-state index contributed by atoms with van der Waals surface area (Å²) in [6, 6.07) is 8.15. The normalized spacial score (nSPS) is 16.8. The van der Waals surface area contributed by atoms with Crippen molar-refractivity contribution in [1.82, 2.24) is 20.4 Å². The molecule has 1 aromatic rings. The summed E-state index contributed by atoms with van der Waals surface area (Å²) in [5, 5.41) is 6.77. The van der Waals surface area contributed by atoms with Gasteiger partial charge in [-0.25, -0.2) is 4.99 Å². The molecule has 0 amide bonds. The van der Waals surface area contributed by atoms with E-state index >= 15 is 0 Å². The number of hydrogen-bond donors (Lipinski definition) is 2. The zero-order chi connectivity index (χ0) is 20.2. The van der Waals surface area contributed by atoms with Crippen LogP contribution < -0.4 is 15.4 Å². The highest BCUT2D eigenvalue weighted by molar-refractivity contribution is 14.0. The third-order valence-corrected chi connectivity index (χ3v) is 4.97. The third kappa shape index (κ3) is 11.1. The predicted octanol–water partition coefficient (Wildman–Crippen LogP) is 2.96. The molecule has 2 N–H and O–H groups in total. The smallest absolute Gasteiger partial charge is 0.191 e. The van der Waals surface area contributed by atoms with Crippen LogP contribution in [0.3, 0.4) is 0 Å². The molecule has 0 aliphatic carbocycles. The molecule has 0 aromatic heterocycles. The standard InChI is InChI=1S/C22H39N5O.HI/c1-5-23-22(24-11-6-7-12-27-15-13-26(4)14-16-27)25-18-20(3)28-21-10-8-9-19(2)17-21;/h8-10,17,20H,5-7,11-16,18H2,1-4H3,(H2,23,24,25);1H. The summed E-state index contributed by atoms with van der Waals surface area (Å²) in [5.74, 6) is 1.78. The molecule has 1 aromatic carbocycles. The van der Waals surface area contributed by atoms with Crippen molar-refractivity contribution in [3.8, 4) is 5.75 Å². The SMILES string of the molecule is CCNC(=NCC(C)Oc1cccc(C)c1)NCCCCN1CCN(C)CC1.I. The Labute approximate surface area is 194 Å². The molecule has 7 heteroatoms. The number of halogens is 1. The van der Waals surface area contributed by atoms with Crippen molar-refractivity contribution in [2.24, 2.45) is 4.99 Å². The average molecular weight is 518 g/mol. The van der Waals surface area contributed by atoms with Crippen LogP contribution in [0, 0.1) is 6.92 Å². The number of benzene rings is 1. The van der Waals surface area contributed by atoms with Crippen LogP contribution in [0.25, 0.3) is 0 Å². The molecule has 1 heterocycles. The second kappa shape index (κ2) is 14.8. The zero-order valence-corrected chi connectivity index (χ0v) is 20.9. The van der Waals surface area contributed by atoms with Crippen molar-refractivity contribution in [2.75, 3.05) is 59.4 Å².